The Morgan fingerprint density at radius 3 is 2.33 bits per heavy atom. The summed E-state index contributed by atoms with van der Waals surface area (Å²) in [5.41, 5.74) is 0.304. The van der Waals surface area contributed by atoms with E-state index in [4.69, 9.17) is 9.47 Å². The van der Waals surface area contributed by atoms with Gasteiger partial charge < -0.3 is 14.4 Å². The maximum atomic E-state index is 12.5. The van der Waals surface area contributed by atoms with Gasteiger partial charge in [-0.15, -0.1) is 0 Å². The number of allylic oxidation sites excluding steroid dienone is 2. The highest BCUT2D eigenvalue weighted by molar-refractivity contribution is 9.11. The van der Waals surface area contributed by atoms with Crippen molar-refractivity contribution >= 4 is 55.2 Å². The molecule has 0 unspecified atom stereocenters. The number of aryl methyl sites for hydroxylation is 1. The van der Waals surface area contributed by atoms with E-state index in [1.165, 1.54) is 31.4 Å². The maximum Gasteiger partial charge on any atom is 0.355 e. The van der Waals surface area contributed by atoms with E-state index in [-0.39, 0.29) is 27.1 Å². The SMILES string of the molecule is COC(=O)C1=C(C(=O)OC)N(c2c(Br)cc(C)c([N+](=O)[O-])c2Br)C=CC=C1. The van der Waals surface area contributed by atoms with Gasteiger partial charge in [0.2, 0.25) is 0 Å². The number of carbonyl (C=O) groups excluding carboxylic acids is 2. The average Bonchev–Trinajstić information content (AvgIpc) is 2.82. The van der Waals surface area contributed by atoms with Gasteiger partial charge in [-0.2, -0.15) is 0 Å². The predicted octanol–water partition coefficient (Wildman–Crippen LogP) is 3.92. The number of anilines is 1. The van der Waals surface area contributed by atoms with Crippen molar-refractivity contribution in [2.45, 2.75) is 6.92 Å². The van der Waals surface area contributed by atoms with Gasteiger partial charge in [0, 0.05) is 16.2 Å². The zero-order valence-corrected chi connectivity index (χ0v) is 17.7. The van der Waals surface area contributed by atoms with Crippen LogP contribution in [0.25, 0.3) is 0 Å². The molecule has 0 bridgehead atoms. The quantitative estimate of drug-likeness (QED) is 0.350. The van der Waals surface area contributed by atoms with Crippen LogP contribution < -0.4 is 4.90 Å². The molecule has 0 aromatic heterocycles. The lowest BCUT2D eigenvalue weighted by molar-refractivity contribution is -0.386. The van der Waals surface area contributed by atoms with E-state index in [0.717, 1.165) is 0 Å². The molecule has 27 heavy (non-hydrogen) atoms. The van der Waals surface area contributed by atoms with Crippen LogP contribution >= 0.6 is 31.9 Å². The summed E-state index contributed by atoms with van der Waals surface area (Å²) in [5.74, 6) is -1.57. The van der Waals surface area contributed by atoms with E-state index in [1.54, 1.807) is 25.1 Å². The van der Waals surface area contributed by atoms with Gasteiger partial charge in [0.25, 0.3) is 5.69 Å². The first-order valence-corrected chi connectivity index (χ1v) is 9.01. The molecule has 2 rings (SSSR count). The molecule has 0 spiro atoms. The molecule has 1 aliphatic heterocycles. The van der Waals surface area contributed by atoms with Crippen molar-refractivity contribution in [1.29, 1.82) is 0 Å². The lowest BCUT2D eigenvalue weighted by Crippen LogP contribution is -2.27. The number of hydrogen-bond acceptors (Lipinski definition) is 7. The molecular formula is C17H14Br2N2O6. The standard InChI is InChI=1S/C17H14Br2N2O6/c1-9-8-11(18)15(12(19)13(9)21(24)25)20-7-5-4-6-10(16(22)26-2)14(20)17(23)27-3/h4-8H,1-3H3. The van der Waals surface area contributed by atoms with Crippen LogP contribution in [-0.2, 0) is 19.1 Å². The Balaban J connectivity index is 2.87. The molecular weight excluding hydrogens is 488 g/mol. The third-order valence-corrected chi connectivity index (χ3v) is 5.03. The number of methoxy groups -OCH3 is 2. The van der Waals surface area contributed by atoms with Crippen LogP contribution in [0, 0.1) is 17.0 Å². The lowest BCUT2D eigenvalue weighted by atomic mass is 10.1. The van der Waals surface area contributed by atoms with Crippen LogP contribution in [-0.4, -0.2) is 31.1 Å². The third-order valence-electron chi connectivity index (χ3n) is 3.67. The van der Waals surface area contributed by atoms with E-state index in [9.17, 15) is 19.7 Å². The molecule has 0 saturated heterocycles. The summed E-state index contributed by atoms with van der Waals surface area (Å²) in [5, 5.41) is 11.5. The highest BCUT2D eigenvalue weighted by Gasteiger charge is 2.32. The summed E-state index contributed by atoms with van der Waals surface area (Å²) < 4.78 is 10.2. The van der Waals surface area contributed by atoms with Gasteiger partial charge in [-0.1, -0.05) is 6.08 Å². The van der Waals surface area contributed by atoms with Crippen molar-refractivity contribution in [2.24, 2.45) is 0 Å². The number of nitro benzene ring substituents is 1. The summed E-state index contributed by atoms with van der Waals surface area (Å²) in [7, 11) is 2.35. The normalized spacial score (nSPS) is 13.4. The molecule has 0 saturated carbocycles. The first-order valence-electron chi connectivity index (χ1n) is 7.42. The Kier molecular flexibility index (Phi) is 6.55. The van der Waals surface area contributed by atoms with Crippen molar-refractivity contribution in [1.82, 2.24) is 0 Å². The van der Waals surface area contributed by atoms with E-state index >= 15 is 0 Å². The van der Waals surface area contributed by atoms with E-state index in [0.29, 0.717) is 10.0 Å². The zero-order chi connectivity index (χ0) is 20.3. The molecule has 1 aromatic carbocycles. The molecule has 142 valence electrons. The first-order chi connectivity index (χ1) is 12.7. The molecule has 0 N–H and O–H groups in total. The molecule has 0 atom stereocenters. The Bertz CT molecular complexity index is 920. The Morgan fingerprint density at radius 2 is 1.78 bits per heavy atom. The molecule has 0 fully saturated rings. The molecule has 1 heterocycles. The number of halogens is 2. The minimum Gasteiger partial charge on any atom is -0.465 e. The fraction of sp³-hybridized carbons (Fsp3) is 0.176. The Morgan fingerprint density at radius 1 is 1.15 bits per heavy atom. The fourth-order valence-corrected chi connectivity index (χ4v) is 4.36. The van der Waals surface area contributed by atoms with Crippen LogP contribution in [0.5, 0.6) is 0 Å². The van der Waals surface area contributed by atoms with E-state index in [1.807, 2.05) is 0 Å². The second-order valence-electron chi connectivity index (χ2n) is 5.26. The van der Waals surface area contributed by atoms with Gasteiger partial charge >= 0.3 is 11.9 Å². The van der Waals surface area contributed by atoms with Crippen molar-refractivity contribution in [3.05, 3.63) is 66.4 Å². The Hall–Kier alpha value is -2.46. The molecule has 0 amide bonds. The number of rotatable bonds is 4. The van der Waals surface area contributed by atoms with Crippen LogP contribution in [0.3, 0.4) is 0 Å². The van der Waals surface area contributed by atoms with Gasteiger partial charge in [-0.3, -0.25) is 10.1 Å². The fourth-order valence-electron chi connectivity index (χ4n) is 2.50. The second kappa shape index (κ2) is 8.49. The van der Waals surface area contributed by atoms with Gasteiger partial charge in [0.05, 0.1) is 30.4 Å². The number of esters is 2. The summed E-state index contributed by atoms with van der Waals surface area (Å²) in [6, 6.07) is 1.55. The average molecular weight is 502 g/mol. The molecule has 8 nitrogen and oxygen atoms in total. The number of nitro groups is 1. The summed E-state index contributed by atoms with van der Waals surface area (Å²) in [6.45, 7) is 1.59. The predicted molar refractivity (Wildman–Crippen MR) is 105 cm³/mol. The van der Waals surface area contributed by atoms with E-state index < -0.39 is 16.9 Å². The first kappa shape index (κ1) is 20.8. The maximum absolute atomic E-state index is 12.5. The summed E-state index contributed by atoms with van der Waals surface area (Å²) in [6.07, 6.45) is 6.00. The number of nitrogens with zero attached hydrogens (tertiary/aromatic N) is 2. The summed E-state index contributed by atoms with van der Waals surface area (Å²) >= 11 is 6.63. The highest BCUT2D eigenvalue weighted by atomic mass is 79.9. The van der Waals surface area contributed by atoms with Gasteiger partial charge in [-0.25, -0.2) is 9.59 Å². The minimum atomic E-state index is -0.811. The second-order valence-corrected chi connectivity index (χ2v) is 6.91. The minimum absolute atomic E-state index is 0.0589. The monoisotopic (exact) mass is 500 g/mol. The molecule has 0 radical (unpaired) electrons. The Labute approximate surface area is 171 Å². The molecule has 1 aromatic rings. The highest BCUT2D eigenvalue weighted by Crippen LogP contribution is 2.44. The van der Waals surface area contributed by atoms with Crippen molar-refractivity contribution in [3.63, 3.8) is 0 Å². The molecule has 0 aliphatic carbocycles. The number of benzene rings is 1. The van der Waals surface area contributed by atoms with Crippen LogP contribution in [0.1, 0.15) is 5.56 Å². The smallest absolute Gasteiger partial charge is 0.355 e. The largest absolute Gasteiger partial charge is 0.465 e. The molecule has 1 aliphatic rings. The van der Waals surface area contributed by atoms with Crippen molar-refractivity contribution in [2.75, 3.05) is 19.1 Å². The van der Waals surface area contributed by atoms with Crippen LogP contribution in [0.2, 0.25) is 0 Å². The number of ether oxygens (including phenoxy) is 2. The van der Waals surface area contributed by atoms with Crippen molar-refractivity contribution < 1.29 is 24.0 Å². The summed E-state index contributed by atoms with van der Waals surface area (Å²) in [4.78, 5) is 37.0. The zero-order valence-electron chi connectivity index (χ0n) is 14.5. The van der Waals surface area contributed by atoms with E-state index in [2.05, 4.69) is 31.9 Å². The van der Waals surface area contributed by atoms with Crippen LogP contribution in [0.4, 0.5) is 11.4 Å². The van der Waals surface area contributed by atoms with Gasteiger partial charge in [0.1, 0.15) is 10.2 Å². The topological polar surface area (TPSA) is 99.0 Å². The number of hydrogen-bond donors (Lipinski definition) is 0. The lowest BCUT2D eigenvalue weighted by Gasteiger charge is -2.25. The van der Waals surface area contributed by atoms with Crippen molar-refractivity contribution in [3.8, 4) is 0 Å². The number of carbonyl (C=O) groups is 2. The van der Waals surface area contributed by atoms with Gasteiger partial charge in [0.15, 0.2) is 0 Å². The van der Waals surface area contributed by atoms with Gasteiger partial charge in [-0.05, 0) is 57.0 Å². The third kappa shape index (κ3) is 3.96. The molecule has 10 heteroatoms. The van der Waals surface area contributed by atoms with Crippen LogP contribution in [0.15, 0.2) is 50.7 Å².